The summed E-state index contributed by atoms with van der Waals surface area (Å²) in [5, 5.41) is 2.91. The molecule has 22 heavy (non-hydrogen) atoms. The molecule has 0 heterocycles. The van der Waals surface area contributed by atoms with Gasteiger partial charge in [-0.3, -0.25) is 4.79 Å². The molecule has 0 radical (unpaired) electrons. The average Bonchev–Trinajstić information content (AvgIpc) is 2.41. The van der Waals surface area contributed by atoms with Crippen LogP contribution in [-0.2, 0) is 4.74 Å². The molecule has 1 unspecified atom stereocenters. The molecule has 0 bridgehead atoms. The third kappa shape index (κ3) is 6.52. The van der Waals surface area contributed by atoms with Gasteiger partial charge in [0.1, 0.15) is 5.60 Å². The predicted octanol–water partition coefficient (Wildman–Crippen LogP) is 4.21. The molecule has 0 aromatic heterocycles. The van der Waals surface area contributed by atoms with Crippen molar-refractivity contribution in [1.29, 1.82) is 0 Å². The summed E-state index contributed by atoms with van der Waals surface area (Å²) in [6.45, 7) is 7.06. The molecule has 0 fully saturated rings. The molecule has 0 spiro atoms. The fourth-order valence-electron chi connectivity index (χ4n) is 1.96. The smallest absolute Gasteiger partial charge is 0.408 e. The summed E-state index contributed by atoms with van der Waals surface area (Å²) in [5.74, 6) is 0.960. The molecule has 1 amide bonds. The van der Waals surface area contributed by atoms with Crippen molar-refractivity contribution < 1.29 is 14.3 Å². The van der Waals surface area contributed by atoms with Crippen molar-refractivity contribution in [3.8, 4) is 0 Å². The molecule has 5 heteroatoms. The van der Waals surface area contributed by atoms with Gasteiger partial charge in [-0.15, -0.1) is 0 Å². The van der Waals surface area contributed by atoms with Gasteiger partial charge in [0, 0.05) is 5.56 Å². The Morgan fingerprint density at radius 2 is 1.82 bits per heavy atom. The van der Waals surface area contributed by atoms with Crippen molar-refractivity contribution in [2.24, 2.45) is 0 Å². The van der Waals surface area contributed by atoms with Crippen LogP contribution in [0.15, 0.2) is 24.3 Å². The first-order valence-corrected chi connectivity index (χ1v) is 8.71. The Balaban J connectivity index is 2.83. The number of alkyl carbamates (subject to hydrolysis) is 1. The zero-order valence-corrected chi connectivity index (χ0v) is 14.8. The number of rotatable bonds is 6. The summed E-state index contributed by atoms with van der Waals surface area (Å²) in [7, 11) is 0. The van der Waals surface area contributed by atoms with E-state index in [0.717, 1.165) is 17.7 Å². The normalized spacial score (nSPS) is 12.6. The highest BCUT2D eigenvalue weighted by Gasteiger charge is 2.20. The molecule has 0 saturated carbocycles. The maximum atomic E-state index is 12.0. The maximum Gasteiger partial charge on any atom is 0.408 e. The lowest BCUT2D eigenvalue weighted by molar-refractivity contribution is 0.0502. The molecule has 1 rings (SSSR count). The second-order valence-corrected chi connectivity index (χ2v) is 7.14. The molecule has 1 aromatic carbocycles. The second-order valence-electron chi connectivity index (χ2n) is 6.16. The van der Waals surface area contributed by atoms with Crippen LogP contribution >= 0.6 is 11.8 Å². The van der Waals surface area contributed by atoms with Gasteiger partial charge >= 0.3 is 6.09 Å². The number of nitrogens with one attached hydrogen (secondary N) is 1. The Hall–Kier alpha value is -1.49. The third-order valence-corrected chi connectivity index (χ3v) is 3.67. The van der Waals surface area contributed by atoms with Crippen LogP contribution in [0.5, 0.6) is 0 Å². The third-order valence-electron chi connectivity index (χ3n) is 3.02. The minimum absolute atomic E-state index is 0.0346. The minimum Gasteiger partial charge on any atom is -0.444 e. The Morgan fingerprint density at radius 1 is 1.23 bits per heavy atom. The fourth-order valence-corrected chi connectivity index (χ4v) is 2.43. The molecule has 4 nitrogen and oxygen atoms in total. The SMILES string of the molecule is CSCCC(NC(=O)OC(C)(C)C)c1ccc(C(C)=O)cc1. The summed E-state index contributed by atoms with van der Waals surface area (Å²) in [6, 6.07) is 7.24. The van der Waals surface area contributed by atoms with Gasteiger partial charge < -0.3 is 10.1 Å². The van der Waals surface area contributed by atoms with E-state index < -0.39 is 11.7 Å². The van der Waals surface area contributed by atoms with E-state index in [1.165, 1.54) is 0 Å². The molecule has 122 valence electrons. The van der Waals surface area contributed by atoms with Crippen LogP contribution in [0.1, 0.15) is 56.1 Å². The number of ether oxygens (including phenoxy) is 1. The molecule has 0 aliphatic heterocycles. The van der Waals surface area contributed by atoms with Crippen LogP contribution in [-0.4, -0.2) is 29.5 Å². The molecule has 0 saturated heterocycles. The number of hydrogen-bond donors (Lipinski definition) is 1. The zero-order valence-electron chi connectivity index (χ0n) is 13.9. The Morgan fingerprint density at radius 3 is 2.27 bits per heavy atom. The molecular weight excluding hydrogens is 298 g/mol. The quantitative estimate of drug-likeness (QED) is 0.797. The van der Waals surface area contributed by atoms with Crippen LogP contribution in [0.4, 0.5) is 4.79 Å². The summed E-state index contributed by atoms with van der Waals surface area (Å²) in [5.41, 5.74) is 1.13. The first kappa shape index (κ1) is 18.6. The van der Waals surface area contributed by atoms with Crippen LogP contribution in [0, 0.1) is 0 Å². The van der Waals surface area contributed by atoms with Gasteiger partial charge in [-0.1, -0.05) is 24.3 Å². The number of amides is 1. The number of carbonyl (C=O) groups excluding carboxylic acids is 2. The predicted molar refractivity (Wildman–Crippen MR) is 91.6 cm³/mol. The first-order chi connectivity index (χ1) is 10.2. The number of hydrogen-bond acceptors (Lipinski definition) is 4. The highest BCUT2D eigenvalue weighted by Crippen LogP contribution is 2.20. The molecule has 1 atom stereocenters. The summed E-state index contributed by atoms with van der Waals surface area (Å²) in [4.78, 5) is 23.3. The summed E-state index contributed by atoms with van der Waals surface area (Å²) >= 11 is 1.73. The zero-order chi connectivity index (χ0) is 16.8. The van der Waals surface area contributed by atoms with Crippen molar-refractivity contribution in [2.45, 2.75) is 45.8 Å². The van der Waals surface area contributed by atoms with E-state index in [9.17, 15) is 9.59 Å². The summed E-state index contributed by atoms with van der Waals surface area (Å²) in [6.07, 6.45) is 2.41. The van der Waals surface area contributed by atoms with E-state index in [4.69, 9.17) is 4.74 Å². The second kappa shape index (κ2) is 8.22. The van der Waals surface area contributed by atoms with E-state index >= 15 is 0 Å². The van der Waals surface area contributed by atoms with E-state index in [-0.39, 0.29) is 11.8 Å². The first-order valence-electron chi connectivity index (χ1n) is 7.32. The summed E-state index contributed by atoms with van der Waals surface area (Å²) < 4.78 is 5.32. The van der Waals surface area contributed by atoms with Crippen molar-refractivity contribution in [3.05, 3.63) is 35.4 Å². The van der Waals surface area contributed by atoms with Crippen molar-refractivity contribution in [1.82, 2.24) is 5.32 Å². The topological polar surface area (TPSA) is 55.4 Å². The van der Waals surface area contributed by atoms with E-state index in [0.29, 0.717) is 5.56 Å². The number of ketones is 1. The van der Waals surface area contributed by atoms with E-state index in [1.807, 2.05) is 39.2 Å². The largest absolute Gasteiger partial charge is 0.444 e. The molecule has 1 aromatic rings. The van der Waals surface area contributed by atoms with Crippen LogP contribution in [0.2, 0.25) is 0 Å². The van der Waals surface area contributed by atoms with E-state index in [2.05, 4.69) is 5.32 Å². The minimum atomic E-state index is -0.521. The Kier molecular flexibility index (Phi) is 6.94. The van der Waals surface area contributed by atoms with Gasteiger partial charge in [-0.2, -0.15) is 11.8 Å². The molecule has 0 aliphatic carbocycles. The Bertz CT molecular complexity index is 506. The number of benzene rings is 1. The van der Waals surface area contributed by atoms with Gasteiger partial charge in [0.25, 0.3) is 0 Å². The number of carbonyl (C=O) groups is 2. The highest BCUT2D eigenvalue weighted by molar-refractivity contribution is 7.98. The number of Topliss-reactive ketones (excluding diaryl/α,β-unsaturated/α-hetero) is 1. The van der Waals surface area contributed by atoms with Gasteiger partial charge in [0.2, 0.25) is 0 Å². The van der Waals surface area contributed by atoms with Gasteiger partial charge in [0.05, 0.1) is 6.04 Å². The van der Waals surface area contributed by atoms with Crippen LogP contribution < -0.4 is 5.32 Å². The van der Waals surface area contributed by atoms with Gasteiger partial charge in [-0.25, -0.2) is 4.79 Å². The average molecular weight is 323 g/mol. The monoisotopic (exact) mass is 323 g/mol. The fraction of sp³-hybridized carbons (Fsp3) is 0.529. The standard InChI is InChI=1S/C17H25NO3S/c1-12(19)13-6-8-14(9-7-13)15(10-11-22-5)18-16(20)21-17(2,3)4/h6-9,15H,10-11H2,1-5H3,(H,18,20). The highest BCUT2D eigenvalue weighted by atomic mass is 32.2. The number of thioether (sulfide) groups is 1. The van der Waals surface area contributed by atoms with Gasteiger partial charge in [-0.05, 0) is 51.7 Å². The van der Waals surface area contributed by atoms with Crippen LogP contribution in [0.3, 0.4) is 0 Å². The Labute approximate surface area is 137 Å². The van der Waals surface area contributed by atoms with Crippen LogP contribution in [0.25, 0.3) is 0 Å². The maximum absolute atomic E-state index is 12.0. The lowest BCUT2D eigenvalue weighted by atomic mass is 10.0. The van der Waals surface area contributed by atoms with Crippen molar-refractivity contribution in [3.63, 3.8) is 0 Å². The van der Waals surface area contributed by atoms with E-state index in [1.54, 1.807) is 30.8 Å². The lowest BCUT2D eigenvalue weighted by Gasteiger charge is -2.24. The molecule has 0 aliphatic rings. The van der Waals surface area contributed by atoms with Gasteiger partial charge in [0.15, 0.2) is 5.78 Å². The lowest BCUT2D eigenvalue weighted by Crippen LogP contribution is -2.35. The van der Waals surface area contributed by atoms with Crippen molar-refractivity contribution >= 4 is 23.6 Å². The van der Waals surface area contributed by atoms with Crippen molar-refractivity contribution in [2.75, 3.05) is 12.0 Å². The molecular formula is C17H25NO3S. The molecule has 1 N–H and O–H groups in total.